The maximum Gasteiger partial charge on any atom is 0.410 e. The molecule has 126 valence electrons. The Balaban J connectivity index is 2.02. The van der Waals surface area contributed by atoms with Crippen molar-refractivity contribution in [3.05, 3.63) is 47.2 Å². The number of nitrogens with one attached hydrogen (secondary N) is 1. The number of hydrogen-bond acceptors (Lipinski definition) is 3. The van der Waals surface area contributed by atoms with E-state index in [1.807, 2.05) is 39.0 Å². The number of hydrogen-bond donors (Lipinski definition) is 1. The molecule has 1 heterocycles. The van der Waals surface area contributed by atoms with Crippen molar-refractivity contribution in [3.63, 3.8) is 0 Å². The van der Waals surface area contributed by atoms with Crippen LogP contribution in [-0.4, -0.2) is 29.7 Å². The topological polar surface area (TPSA) is 41.6 Å². The summed E-state index contributed by atoms with van der Waals surface area (Å²) in [5.41, 5.74) is 3.21. The number of benzene rings is 1. The number of carbonyl (C=O) groups is 1. The number of rotatable bonds is 3. The van der Waals surface area contributed by atoms with Gasteiger partial charge in [-0.1, -0.05) is 35.9 Å². The molecule has 4 nitrogen and oxygen atoms in total. The zero-order chi connectivity index (χ0) is 17.0. The molecule has 0 saturated heterocycles. The number of ether oxygens (including phenoxy) is 1. The van der Waals surface area contributed by atoms with Gasteiger partial charge in [0.1, 0.15) is 5.60 Å². The first-order chi connectivity index (χ1) is 10.8. The van der Waals surface area contributed by atoms with E-state index in [1.54, 1.807) is 4.90 Å². The molecule has 1 unspecified atom stereocenters. The lowest BCUT2D eigenvalue weighted by atomic mass is 10.0. The second-order valence-electron chi connectivity index (χ2n) is 7.19. The number of amides is 1. The summed E-state index contributed by atoms with van der Waals surface area (Å²) in [7, 11) is 0. The third-order valence-corrected chi connectivity index (χ3v) is 3.96. The lowest BCUT2D eigenvalue weighted by Crippen LogP contribution is -2.43. The third-order valence-electron chi connectivity index (χ3n) is 3.96. The Bertz CT molecular complexity index is 573. The zero-order valence-electron chi connectivity index (χ0n) is 14.8. The lowest BCUT2D eigenvalue weighted by Gasteiger charge is -2.33. The van der Waals surface area contributed by atoms with Gasteiger partial charge in [-0.15, -0.1) is 0 Å². The highest BCUT2D eigenvalue weighted by molar-refractivity contribution is 5.68. The minimum atomic E-state index is -0.460. The van der Waals surface area contributed by atoms with E-state index < -0.39 is 5.60 Å². The molecule has 0 spiro atoms. The van der Waals surface area contributed by atoms with Crippen LogP contribution in [0, 0.1) is 0 Å². The molecule has 0 saturated carbocycles. The Kier molecular flexibility index (Phi) is 5.34. The van der Waals surface area contributed by atoms with E-state index in [2.05, 4.69) is 31.3 Å². The highest BCUT2D eigenvalue weighted by atomic mass is 16.6. The van der Waals surface area contributed by atoms with Gasteiger partial charge in [0, 0.05) is 18.3 Å². The second-order valence-corrected chi connectivity index (χ2v) is 7.19. The fourth-order valence-electron chi connectivity index (χ4n) is 2.60. The van der Waals surface area contributed by atoms with E-state index in [-0.39, 0.29) is 12.1 Å². The first kappa shape index (κ1) is 17.4. The van der Waals surface area contributed by atoms with Crippen molar-refractivity contribution < 1.29 is 9.53 Å². The van der Waals surface area contributed by atoms with Gasteiger partial charge in [-0.2, -0.15) is 0 Å². The molecule has 23 heavy (non-hydrogen) atoms. The van der Waals surface area contributed by atoms with Gasteiger partial charge in [0.15, 0.2) is 0 Å². The van der Waals surface area contributed by atoms with Crippen LogP contribution in [0.2, 0.25) is 0 Å². The Morgan fingerprint density at radius 2 is 1.91 bits per heavy atom. The van der Waals surface area contributed by atoms with Crippen LogP contribution >= 0.6 is 0 Å². The Morgan fingerprint density at radius 3 is 2.52 bits per heavy atom. The van der Waals surface area contributed by atoms with Crippen LogP contribution in [0.4, 0.5) is 4.79 Å². The van der Waals surface area contributed by atoms with Crippen LogP contribution in [-0.2, 0) is 4.74 Å². The highest BCUT2D eigenvalue weighted by Crippen LogP contribution is 2.21. The summed E-state index contributed by atoms with van der Waals surface area (Å²) < 4.78 is 5.49. The third kappa shape index (κ3) is 5.02. The van der Waals surface area contributed by atoms with Crippen LogP contribution in [0.1, 0.15) is 52.6 Å². The second kappa shape index (κ2) is 7.07. The van der Waals surface area contributed by atoms with Crippen molar-refractivity contribution in [2.24, 2.45) is 0 Å². The van der Waals surface area contributed by atoms with E-state index >= 15 is 0 Å². The summed E-state index contributed by atoms with van der Waals surface area (Å²) in [6.07, 6.45) is 0.639. The number of nitrogens with zero attached hydrogens (tertiary/aromatic N) is 1. The highest BCUT2D eigenvalue weighted by Gasteiger charge is 2.26. The fourth-order valence-corrected chi connectivity index (χ4v) is 2.60. The van der Waals surface area contributed by atoms with E-state index in [0.29, 0.717) is 13.1 Å². The van der Waals surface area contributed by atoms with Crippen molar-refractivity contribution in [1.29, 1.82) is 0 Å². The predicted octanol–water partition coefficient (Wildman–Crippen LogP) is 4.25. The van der Waals surface area contributed by atoms with Gasteiger partial charge < -0.3 is 15.0 Å². The minimum Gasteiger partial charge on any atom is -0.444 e. The van der Waals surface area contributed by atoms with Crippen LogP contribution in [0.5, 0.6) is 0 Å². The fraction of sp³-hybridized carbons (Fsp3) is 0.526. The Morgan fingerprint density at radius 1 is 1.26 bits per heavy atom. The molecule has 0 fully saturated rings. The van der Waals surface area contributed by atoms with Crippen molar-refractivity contribution >= 4 is 6.09 Å². The largest absolute Gasteiger partial charge is 0.444 e. The molecule has 1 atom stereocenters. The van der Waals surface area contributed by atoms with Gasteiger partial charge in [0.25, 0.3) is 0 Å². The standard InChI is InChI=1S/C19H28N2O2/c1-14-11-12-21(18(22)23-19(3,4)5)13-17(14)20-15(2)16-9-7-6-8-10-16/h6-10,15,20H,11-13H2,1-5H3. The van der Waals surface area contributed by atoms with Gasteiger partial charge in [0.2, 0.25) is 0 Å². The molecule has 2 rings (SSSR count). The summed E-state index contributed by atoms with van der Waals surface area (Å²) in [5.74, 6) is 0. The van der Waals surface area contributed by atoms with Crippen LogP contribution in [0.25, 0.3) is 0 Å². The summed E-state index contributed by atoms with van der Waals surface area (Å²) in [6, 6.07) is 10.5. The molecule has 1 aromatic rings. The summed E-state index contributed by atoms with van der Waals surface area (Å²) in [4.78, 5) is 14.1. The average molecular weight is 316 g/mol. The van der Waals surface area contributed by atoms with Gasteiger partial charge >= 0.3 is 6.09 Å². The SMILES string of the molecule is CC1=C(NC(C)c2ccccc2)CN(C(=O)OC(C)(C)C)CC1. The van der Waals surface area contributed by atoms with E-state index in [0.717, 1.165) is 12.1 Å². The molecule has 1 aliphatic rings. The predicted molar refractivity (Wildman–Crippen MR) is 93.1 cm³/mol. The van der Waals surface area contributed by atoms with Crippen LogP contribution < -0.4 is 5.32 Å². The van der Waals surface area contributed by atoms with Crippen molar-refractivity contribution in [2.45, 2.75) is 52.7 Å². The quantitative estimate of drug-likeness (QED) is 0.906. The molecule has 1 aromatic carbocycles. The smallest absolute Gasteiger partial charge is 0.410 e. The van der Waals surface area contributed by atoms with Gasteiger partial charge in [-0.25, -0.2) is 4.79 Å². The first-order valence-electron chi connectivity index (χ1n) is 8.24. The summed E-state index contributed by atoms with van der Waals surface area (Å²) in [5, 5.41) is 3.56. The molecular weight excluding hydrogens is 288 g/mol. The van der Waals surface area contributed by atoms with Crippen LogP contribution in [0.15, 0.2) is 41.6 Å². The maximum absolute atomic E-state index is 12.3. The molecule has 0 aromatic heterocycles. The van der Waals surface area contributed by atoms with Crippen molar-refractivity contribution in [2.75, 3.05) is 13.1 Å². The maximum atomic E-state index is 12.3. The van der Waals surface area contributed by atoms with Crippen molar-refractivity contribution in [1.82, 2.24) is 10.2 Å². The normalized spacial score (nSPS) is 17.0. The summed E-state index contributed by atoms with van der Waals surface area (Å²) in [6.45, 7) is 11.3. The van der Waals surface area contributed by atoms with Gasteiger partial charge in [-0.05, 0) is 46.6 Å². The molecule has 1 aliphatic heterocycles. The molecule has 1 N–H and O–H groups in total. The number of carbonyl (C=O) groups excluding carboxylic acids is 1. The zero-order valence-corrected chi connectivity index (χ0v) is 14.8. The first-order valence-corrected chi connectivity index (χ1v) is 8.24. The molecule has 0 aliphatic carbocycles. The molecule has 0 radical (unpaired) electrons. The molecular formula is C19H28N2O2. The monoisotopic (exact) mass is 316 g/mol. The summed E-state index contributed by atoms with van der Waals surface area (Å²) >= 11 is 0. The van der Waals surface area contributed by atoms with Crippen LogP contribution in [0.3, 0.4) is 0 Å². The van der Waals surface area contributed by atoms with Gasteiger partial charge in [-0.3, -0.25) is 0 Å². The lowest BCUT2D eigenvalue weighted by molar-refractivity contribution is 0.0255. The minimum absolute atomic E-state index is 0.208. The molecule has 1 amide bonds. The van der Waals surface area contributed by atoms with Crippen molar-refractivity contribution in [3.8, 4) is 0 Å². The Hall–Kier alpha value is -1.97. The van der Waals surface area contributed by atoms with E-state index in [1.165, 1.54) is 11.1 Å². The average Bonchev–Trinajstić information content (AvgIpc) is 2.48. The Labute approximate surface area is 139 Å². The van der Waals surface area contributed by atoms with Gasteiger partial charge in [0.05, 0.1) is 6.54 Å². The molecule has 4 heteroatoms. The van der Waals surface area contributed by atoms with E-state index in [4.69, 9.17) is 4.74 Å². The molecule has 0 bridgehead atoms. The van der Waals surface area contributed by atoms with E-state index in [9.17, 15) is 4.79 Å².